The number of imidazole rings is 1. The lowest BCUT2D eigenvalue weighted by molar-refractivity contribution is 0.510. The molecular formula is C19H14F2N2O2S. The van der Waals surface area contributed by atoms with Gasteiger partial charge in [-0.15, -0.1) is 0 Å². The minimum atomic E-state index is -0.932. The number of hydrogen-bond donors (Lipinski definition) is 1. The SMILES string of the molecule is Cc1ccc2c(CSc3nc4cc(F)c(F)cc4[nH]3)cc(=O)oc2c1C. The summed E-state index contributed by atoms with van der Waals surface area (Å²) in [6.45, 7) is 3.88. The van der Waals surface area contributed by atoms with E-state index in [1.165, 1.54) is 17.8 Å². The van der Waals surface area contributed by atoms with Crippen LogP contribution in [-0.4, -0.2) is 9.97 Å². The molecule has 0 bridgehead atoms. The van der Waals surface area contributed by atoms with Crippen molar-refractivity contribution in [2.75, 3.05) is 0 Å². The minimum Gasteiger partial charge on any atom is -0.422 e. The maximum Gasteiger partial charge on any atom is 0.336 e. The number of fused-ring (bicyclic) bond motifs is 2. The zero-order valence-electron chi connectivity index (χ0n) is 14.0. The summed E-state index contributed by atoms with van der Waals surface area (Å²) in [6, 6.07) is 7.52. The molecule has 7 heteroatoms. The Morgan fingerprint density at radius 1 is 1.15 bits per heavy atom. The first kappa shape index (κ1) is 16.8. The van der Waals surface area contributed by atoms with Crippen LogP contribution in [0.5, 0.6) is 0 Å². The Morgan fingerprint density at radius 2 is 1.92 bits per heavy atom. The summed E-state index contributed by atoms with van der Waals surface area (Å²) in [5.74, 6) is -1.39. The quantitative estimate of drug-likeness (QED) is 0.412. The molecule has 26 heavy (non-hydrogen) atoms. The predicted molar refractivity (Wildman–Crippen MR) is 97.5 cm³/mol. The summed E-state index contributed by atoms with van der Waals surface area (Å²) >= 11 is 1.35. The van der Waals surface area contributed by atoms with Crippen LogP contribution < -0.4 is 5.63 Å². The molecule has 0 amide bonds. The molecular weight excluding hydrogens is 358 g/mol. The predicted octanol–water partition coefficient (Wildman–Crippen LogP) is 4.86. The monoisotopic (exact) mass is 372 g/mol. The van der Waals surface area contributed by atoms with E-state index in [1.807, 2.05) is 26.0 Å². The van der Waals surface area contributed by atoms with Crippen LogP contribution in [0.3, 0.4) is 0 Å². The van der Waals surface area contributed by atoms with E-state index in [1.54, 1.807) is 0 Å². The molecule has 0 saturated carbocycles. The van der Waals surface area contributed by atoms with Crippen molar-refractivity contribution in [1.29, 1.82) is 0 Å². The van der Waals surface area contributed by atoms with E-state index in [0.717, 1.165) is 34.2 Å². The number of aromatic nitrogens is 2. The summed E-state index contributed by atoms with van der Waals surface area (Å²) in [4.78, 5) is 19.1. The highest BCUT2D eigenvalue weighted by molar-refractivity contribution is 7.98. The van der Waals surface area contributed by atoms with Crippen molar-refractivity contribution >= 4 is 33.8 Å². The second-order valence-corrected chi connectivity index (χ2v) is 7.05. The lowest BCUT2D eigenvalue weighted by atomic mass is 10.0. The Morgan fingerprint density at radius 3 is 2.73 bits per heavy atom. The van der Waals surface area contributed by atoms with E-state index in [9.17, 15) is 13.6 Å². The highest BCUT2D eigenvalue weighted by atomic mass is 32.2. The summed E-state index contributed by atoms with van der Waals surface area (Å²) in [6.07, 6.45) is 0. The summed E-state index contributed by atoms with van der Waals surface area (Å²) in [7, 11) is 0. The van der Waals surface area contributed by atoms with Gasteiger partial charge in [0.05, 0.1) is 11.0 Å². The number of H-pyrrole nitrogens is 1. The maximum absolute atomic E-state index is 13.3. The Kier molecular flexibility index (Phi) is 4.03. The van der Waals surface area contributed by atoms with Gasteiger partial charge in [-0.3, -0.25) is 0 Å². The van der Waals surface area contributed by atoms with Crippen molar-refractivity contribution in [1.82, 2.24) is 9.97 Å². The number of hydrogen-bond acceptors (Lipinski definition) is 4. The molecule has 0 atom stereocenters. The van der Waals surface area contributed by atoms with Crippen molar-refractivity contribution in [3.05, 3.63) is 69.1 Å². The van der Waals surface area contributed by atoms with E-state index < -0.39 is 17.3 Å². The highest BCUT2D eigenvalue weighted by Gasteiger charge is 2.12. The molecule has 0 radical (unpaired) electrons. The fourth-order valence-corrected chi connectivity index (χ4v) is 3.72. The van der Waals surface area contributed by atoms with Gasteiger partial charge in [-0.05, 0) is 30.5 Å². The summed E-state index contributed by atoms with van der Waals surface area (Å²) in [5.41, 5.74) is 3.76. The molecule has 2 aromatic carbocycles. The van der Waals surface area contributed by atoms with E-state index in [-0.39, 0.29) is 0 Å². The van der Waals surface area contributed by atoms with Gasteiger partial charge >= 0.3 is 5.63 Å². The molecule has 2 aromatic heterocycles. The van der Waals surface area contributed by atoms with Gasteiger partial charge in [-0.1, -0.05) is 23.9 Å². The molecule has 0 saturated heterocycles. The van der Waals surface area contributed by atoms with Crippen molar-refractivity contribution in [3.8, 4) is 0 Å². The molecule has 0 aliphatic carbocycles. The van der Waals surface area contributed by atoms with Gasteiger partial charge in [0.1, 0.15) is 5.58 Å². The molecule has 0 fully saturated rings. The molecule has 0 aliphatic rings. The number of thioether (sulfide) groups is 1. The van der Waals surface area contributed by atoms with Crippen LogP contribution in [0.15, 0.2) is 44.7 Å². The van der Waals surface area contributed by atoms with E-state index in [4.69, 9.17) is 4.42 Å². The lowest BCUT2D eigenvalue weighted by Crippen LogP contribution is -2.01. The van der Waals surface area contributed by atoms with Crippen LogP contribution >= 0.6 is 11.8 Å². The largest absolute Gasteiger partial charge is 0.422 e. The Labute approximate surface area is 151 Å². The minimum absolute atomic E-state index is 0.357. The summed E-state index contributed by atoms with van der Waals surface area (Å²) in [5, 5.41) is 1.39. The molecule has 0 unspecified atom stereocenters. The molecule has 1 N–H and O–H groups in total. The van der Waals surface area contributed by atoms with Gasteiger partial charge in [0.2, 0.25) is 0 Å². The van der Waals surface area contributed by atoms with Crippen LogP contribution in [0.25, 0.3) is 22.0 Å². The molecule has 4 aromatic rings. The van der Waals surface area contributed by atoms with Crippen LogP contribution in [-0.2, 0) is 5.75 Å². The molecule has 132 valence electrons. The van der Waals surface area contributed by atoms with Crippen molar-refractivity contribution < 1.29 is 13.2 Å². The average Bonchev–Trinajstić information content (AvgIpc) is 2.98. The first-order chi connectivity index (χ1) is 12.4. The van der Waals surface area contributed by atoms with Gasteiger partial charge in [-0.2, -0.15) is 0 Å². The fourth-order valence-electron chi connectivity index (χ4n) is 2.84. The maximum atomic E-state index is 13.3. The number of benzene rings is 2. The summed E-state index contributed by atoms with van der Waals surface area (Å²) < 4.78 is 32.0. The van der Waals surface area contributed by atoms with Crippen LogP contribution in [0, 0.1) is 25.5 Å². The number of aryl methyl sites for hydroxylation is 2. The van der Waals surface area contributed by atoms with Crippen molar-refractivity contribution in [2.24, 2.45) is 0 Å². The standard InChI is InChI=1S/C19H14F2N2O2S/c1-9-3-4-12-11(5-17(24)25-18(12)10(9)2)8-26-19-22-15-6-13(20)14(21)7-16(15)23-19/h3-7H,8H2,1-2H3,(H,22,23). The second-order valence-electron chi connectivity index (χ2n) is 6.09. The second kappa shape index (κ2) is 6.25. The van der Waals surface area contributed by atoms with Crippen LogP contribution in [0.4, 0.5) is 8.78 Å². The smallest absolute Gasteiger partial charge is 0.336 e. The van der Waals surface area contributed by atoms with Crippen LogP contribution in [0.2, 0.25) is 0 Å². The van der Waals surface area contributed by atoms with E-state index in [2.05, 4.69) is 9.97 Å². The molecule has 0 aliphatic heterocycles. The highest BCUT2D eigenvalue weighted by Crippen LogP contribution is 2.29. The van der Waals surface area contributed by atoms with Gasteiger partial charge in [0.25, 0.3) is 0 Å². The molecule has 4 rings (SSSR count). The third-order valence-corrected chi connectivity index (χ3v) is 5.31. The normalized spacial score (nSPS) is 11.5. The van der Waals surface area contributed by atoms with E-state index >= 15 is 0 Å². The molecule has 2 heterocycles. The van der Waals surface area contributed by atoms with E-state index in [0.29, 0.717) is 27.5 Å². The number of nitrogens with zero attached hydrogens (tertiary/aromatic N) is 1. The third-order valence-electron chi connectivity index (χ3n) is 4.38. The Balaban J connectivity index is 1.70. The van der Waals surface area contributed by atoms with Gasteiger partial charge in [-0.25, -0.2) is 18.6 Å². The lowest BCUT2D eigenvalue weighted by Gasteiger charge is -2.08. The third kappa shape index (κ3) is 2.88. The number of aromatic amines is 1. The molecule has 0 spiro atoms. The fraction of sp³-hybridized carbons (Fsp3) is 0.158. The zero-order valence-corrected chi connectivity index (χ0v) is 14.8. The number of nitrogens with one attached hydrogen (secondary N) is 1. The number of rotatable bonds is 3. The van der Waals surface area contributed by atoms with Crippen molar-refractivity contribution in [3.63, 3.8) is 0 Å². The number of halogens is 2. The van der Waals surface area contributed by atoms with Crippen LogP contribution in [0.1, 0.15) is 16.7 Å². The van der Waals surface area contributed by atoms with Gasteiger partial charge < -0.3 is 9.40 Å². The van der Waals surface area contributed by atoms with Gasteiger partial charge in [0.15, 0.2) is 16.8 Å². The Hall–Kier alpha value is -2.67. The first-order valence-corrected chi connectivity index (χ1v) is 8.91. The topological polar surface area (TPSA) is 58.9 Å². The van der Waals surface area contributed by atoms with Gasteiger partial charge in [0, 0.05) is 29.3 Å². The molecule has 4 nitrogen and oxygen atoms in total. The first-order valence-electron chi connectivity index (χ1n) is 7.93. The average molecular weight is 372 g/mol. The zero-order chi connectivity index (χ0) is 18.4. The van der Waals surface area contributed by atoms with Crippen molar-refractivity contribution in [2.45, 2.75) is 24.8 Å². The Bertz CT molecular complexity index is 1170.